The Hall–Kier alpha value is -3.20. The Morgan fingerprint density at radius 1 is 1.09 bits per heavy atom. The molecule has 1 saturated carbocycles. The first-order chi connectivity index (χ1) is 16.2. The Labute approximate surface area is 199 Å². The Morgan fingerprint density at radius 3 is 2.41 bits per heavy atom. The Balaban J connectivity index is 1.53. The predicted octanol–water partition coefficient (Wildman–Crippen LogP) is 5.57. The van der Waals surface area contributed by atoms with Gasteiger partial charge in [-0.3, -0.25) is 4.79 Å². The first kappa shape index (κ1) is 23.9. The highest BCUT2D eigenvalue weighted by Gasteiger charge is 2.40. The van der Waals surface area contributed by atoms with Crippen molar-refractivity contribution in [3.63, 3.8) is 0 Å². The number of halogens is 4. The van der Waals surface area contributed by atoms with Gasteiger partial charge in [0.15, 0.2) is 0 Å². The number of carbonyl (C=O) groups excluding carboxylic acids is 1. The minimum atomic E-state index is -4.88. The molecule has 4 rings (SSSR count). The van der Waals surface area contributed by atoms with E-state index in [0.717, 1.165) is 16.9 Å². The second kappa shape index (κ2) is 9.97. The fourth-order valence-corrected chi connectivity index (χ4v) is 4.12. The van der Waals surface area contributed by atoms with Crippen LogP contribution in [0.5, 0.6) is 11.6 Å². The van der Waals surface area contributed by atoms with Gasteiger partial charge in [-0.2, -0.15) is 13.2 Å². The summed E-state index contributed by atoms with van der Waals surface area (Å²) >= 11 is 6.05. The molecule has 0 unspecified atom stereocenters. The minimum absolute atomic E-state index is 0.224. The number of amides is 1. The number of nitrogens with zero attached hydrogens (tertiary/aromatic N) is 2. The Morgan fingerprint density at radius 2 is 1.76 bits per heavy atom. The van der Waals surface area contributed by atoms with E-state index in [2.05, 4.69) is 10.4 Å². The van der Waals surface area contributed by atoms with Gasteiger partial charge in [-0.05, 0) is 49.9 Å². The van der Waals surface area contributed by atoms with Gasteiger partial charge < -0.3 is 14.8 Å². The molecule has 10 heteroatoms. The molecule has 1 aromatic heterocycles. The number of methoxy groups -OCH3 is 1. The standard InChI is InChI=1S/C24H23ClF3N3O3/c1-33-21-5-3-2-4-19(21)31-20(15-6-8-16(25)9-7-15)14-22(30-31)34-18-12-10-17(11-13-18)29-23(32)24(26,27)28/h2-9,14,17-18H,10-13H2,1H3,(H,29,32). The molecule has 1 aliphatic rings. The van der Waals surface area contributed by atoms with Crippen LogP contribution in [0, 0.1) is 0 Å². The summed E-state index contributed by atoms with van der Waals surface area (Å²) in [5.74, 6) is -0.882. The van der Waals surface area contributed by atoms with E-state index in [0.29, 0.717) is 42.3 Å². The van der Waals surface area contributed by atoms with Crippen LogP contribution in [0.15, 0.2) is 54.6 Å². The number of rotatable bonds is 6. The lowest BCUT2D eigenvalue weighted by atomic mass is 9.93. The maximum atomic E-state index is 12.5. The molecule has 2 aromatic carbocycles. The highest BCUT2D eigenvalue weighted by atomic mass is 35.5. The van der Waals surface area contributed by atoms with Crippen LogP contribution >= 0.6 is 11.6 Å². The van der Waals surface area contributed by atoms with Gasteiger partial charge >= 0.3 is 12.1 Å². The molecule has 1 heterocycles. The lowest BCUT2D eigenvalue weighted by molar-refractivity contribution is -0.174. The van der Waals surface area contributed by atoms with Crippen LogP contribution in [0.4, 0.5) is 13.2 Å². The van der Waals surface area contributed by atoms with E-state index >= 15 is 0 Å². The highest BCUT2D eigenvalue weighted by Crippen LogP contribution is 2.33. The van der Waals surface area contributed by atoms with Crippen LogP contribution in [-0.4, -0.2) is 41.1 Å². The summed E-state index contributed by atoms with van der Waals surface area (Å²) in [7, 11) is 1.58. The summed E-state index contributed by atoms with van der Waals surface area (Å²) < 4.78 is 50.8. The molecule has 34 heavy (non-hydrogen) atoms. The summed E-state index contributed by atoms with van der Waals surface area (Å²) in [6.45, 7) is 0. The van der Waals surface area contributed by atoms with Crippen LogP contribution in [0.1, 0.15) is 25.7 Å². The number of aromatic nitrogens is 2. The zero-order chi connectivity index (χ0) is 24.3. The summed E-state index contributed by atoms with van der Waals surface area (Å²) in [4.78, 5) is 11.2. The SMILES string of the molecule is COc1ccccc1-n1nc(OC2CCC(NC(=O)C(F)(F)F)CC2)cc1-c1ccc(Cl)cc1. The number of hydrogen-bond donors (Lipinski definition) is 1. The predicted molar refractivity (Wildman–Crippen MR) is 121 cm³/mol. The normalized spacial score (nSPS) is 18.4. The van der Waals surface area contributed by atoms with E-state index in [1.165, 1.54) is 0 Å². The number of benzene rings is 2. The largest absolute Gasteiger partial charge is 0.494 e. The number of nitrogens with one attached hydrogen (secondary N) is 1. The van der Waals surface area contributed by atoms with Crippen molar-refractivity contribution < 1.29 is 27.4 Å². The van der Waals surface area contributed by atoms with Crippen LogP contribution in [0.3, 0.4) is 0 Å². The molecule has 1 amide bonds. The molecule has 180 valence electrons. The van der Waals surface area contributed by atoms with Gasteiger partial charge in [0.25, 0.3) is 0 Å². The number of ether oxygens (including phenoxy) is 2. The van der Waals surface area contributed by atoms with Gasteiger partial charge in [0.1, 0.15) is 17.5 Å². The molecule has 0 aliphatic heterocycles. The van der Waals surface area contributed by atoms with Gasteiger partial charge in [0, 0.05) is 22.7 Å². The zero-order valence-electron chi connectivity index (χ0n) is 18.3. The van der Waals surface area contributed by atoms with Crippen molar-refractivity contribution in [3.8, 4) is 28.6 Å². The Bertz CT molecular complexity index is 1140. The van der Waals surface area contributed by atoms with Gasteiger partial charge in [0.05, 0.1) is 12.8 Å². The van der Waals surface area contributed by atoms with Crippen LogP contribution in [0.25, 0.3) is 16.9 Å². The van der Waals surface area contributed by atoms with E-state index in [9.17, 15) is 18.0 Å². The van der Waals surface area contributed by atoms with Gasteiger partial charge in [0.2, 0.25) is 5.88 Å². The average molecular weight is 494 g/mol. The molecule has 0 atom stereocenters. The molecular weight excluding hydrogens is 471 g/mol. The number of hydrogen-bond acceptors (Lipinski definition) is 4. The van der Waals surface area contributed by atoms with Crippen molar-refractivity contribution in [2.75, 3.05) is 7.11 Å². The third-order valence-electron chi connectivity index (χ3n) is 5.69. The van der Waals surface area contributed by atoms with E-state index < -0.39 is 18.1 Å². The second-order valence-electron chi connectivity index (χ2n) is 8.02. The first-order valence-electron chi connectivity index (χ1n) is 10.8. The van der Waals surface area contributed by atoms with Crippen LogP contribution < -0.4 is 14.8 Å². The quantitative estimate of drug-likeness (QED) is 0.487. The summed E-state index contributed by atoms with van der Waals surface area (Å²) in [6, 6.07) is 16.1. The van der Waals surface area contributed by atoms with Crippen LogP contribution in [-0.2, 0) is 4.79 Å². The third kappa shape index (κ3) is 5.47. The van der Waals surface area contributed by atoms with E-state index in [1.54, 1.807) is 23.9 Å². The maximum Gasteiger partial charge on any atom is 0.471 e. The molecule has 0 radical (unpaired) electrons. The summed E-state index contributed by atoms with van der Waals surface area (Å²) in [5, 5.41) is 7.31. The number of para-hydroxylation sites is 2. The van der Waals surface area contributed by atoms with Crippen molar-refractivity contribution in [2.24, 2.45) is 0 Å². The van der Waals surface area contributed by atoms with Crippen molar-refractivity contribution in [3.05, 3.63) is 59.6 Å². The van der Waals surface area contributed by atoms with Gasteiger partial charge in [-0.1, -0.05) is 35.9 Å². The molecule has 0 spiro atoms. The second-order valence-corrected chi connectivity index (χ2v) is 8.46. The van der Waals surface area contributed by atoms with E-state index in [-0.39, 0.29) is 6.10 Å². The molecule has 6 nitrogen and oxygen atoms in total. The van der Waals surface area contributed by atoms with E-state index in [1.807, 2.05) is 42.5 Å². The molecule has 1 fully saturated rings. The molecule has 3 aromatic rings. The van der Waals surface area contributed by atoms with Crippen molar-refractivity contribution in [2.45, 2.75) is 44.0 Å². The lowest BCUT2D eigenvalue weighted by Gasteiger charge is -2.29. The fraction of sp³-hybridized carbons (Fsp3) is 0.333. The monoisotopic (exact) mass is 493 g/mol. The lowest BCUT2D eigenvalue weighted by Crippen LogP contribution is -2.45. The first-order valence-corrected chi connectivity index (χ1v) is 11.2. The Kier molecular flexibility index (Phi) is 7.02. The highest BCUT2D eigenvalue weighted by molar-refractivity contribution is 6.30. The fourth-order valence-electron chi connectivity index (χ4n) is 3.99. The van der Waals surface area contributed by atoms with Crippen molar-refractivity contribution >= 4 is 17.5 Å². The smallest absolute Gasteiger partial charge is 0.471 e. The average Bonchev–Trinajstić information content (AvgIpc) is 3.23. The van der Waals surface area contributed by atoms with Gasteiger partial charge in [-0.15, -0.1) is 5.10 Å². The molecule has 1 N–H and O–H groups in total. The number of alkyl halides is 3. The zero-order valence-corrected chi connectivity index (χ0v) is 19.1. The summed E-state index contributed by atoms with van der Waals surface area (Å²) in [6.07, 6.45) is -3.32. The molecule has 0 saturated heterocycles. The maximum absolute atomic E-state index is 12.5. The number of carbonyl (C=O) groups is 1. The summed E-state index contributed by atoms with van der Waals surface area (Å²) in [5.41, 5.74) is 2.36. The van der Waals surface area contributed by atoms with Gasteiger partial charge in [-0.25, -0.2) is 4.68 Å². The molecular formula is C24H23ClF3N3O3. The minimum Gasteiger partial charge on any atom is -0.494 e. The molecule has 1 aliphatic carbocycles. The van der Waals surface area contributed by atoms with Crippen molar-refractivity contribution in [1.29, 1.82) is 0 Å². The van der Waals surface area contributed by atoms with E-state index in [4.69, 9.17) is 21.1 Å². The third-order valence-corrected chi connectivity index (χ3v) is 5.95. The molecule has 0 bridgehead atoms. The van der Waals surface area contributed by atoms with Crippen LogP contribution in [0.2, 0.25) is 5.02 Å². The van der Waals surface area contributed by atoms with Crippen molar-refractivity contribution in [1.82, 2.24) is 15.1 Å². The topological polar surface area (TPSA) is 65.4 Å².